The Morgan fingerprint density at radius 1 is 1.12 bits per heavy atom. The minimum absolute atomic E-state index is 0. The van der Waals surface area contributed by atoms with Crippen LogP contribution in [0, 0.1) is 0 Å². The second-order valence-corrected chi connectivity index (χ2v) is 5.56. The second-order valence-electron chi connectivity index (χ2n) is 5.56. The Kier molecular flexibility index (Phi) is 6.14. The maximum absolute atomic E-state index is 12.4. The minimum atomic E-state index is -0.583. The molecular formula is C19H18LiNO3. The average Bonchev–Trinajstić information content (AvgIpc) is 2.89. The van der Waals surface area contributed by atoms with Gasteiger partial charge in [-0.05, 0) is 30.4 Å². The average molecular weight is 315 g/mol. The van der Waals surface area contributed by atoms with Crippen molar-refractivity contribution in [3.63, 3.8) is 0 Å². The van der Waals surface area contributed by atoms with Gasteiger partial charge in [0.1, 0.15) is 6.10 Å². The number of benzene rings is 2. The zero-order valence-electron chi connectivity index (χ0n) is 13.9. The van der Waals surface area contributed by atoms with Crippen LogP contribution in [0.4, 0.5) is 4.79 Å². The number of amides is 1. The van der Waals surface area contributed by atoms with Gasteiger partial charge in [-0.25, -0.2) is 4.79 Å². The van der Waals surface area contributed by atoms with Crippen LogP contribution in [0.3, 0.4) is 0 Å². The molecule has 2 atom stereocenters. The van der Waals surface area contributed by atoms with E-state index in [1.54, 1.807) is 0 Å². The van der Waals surface area contributed by atoms with Crippen LogP contribution in [0.25, 0.3) is 0 Å². The third kappa shape index (κ3) is 3.84. The van der Waals surface area contributed by atoms with Crippen molar-refractivity contribution in [3.8, 4) is 0 Å². The van der Waals surface area contributed by atoms with E-state index in [4.69, 9.17) is 4.74 Å². The van der Waals surface area contributed by atoms with E-state index in [0.717, 1.165) is 11.1 Å². The molecule has 118 valence electrons. The Hall–Kier alpha value is -2.15. The number of nitrogens with zero attached hydrogens (tertiary/aromatic N) is 1. The van der Waals surface area contributed by atoms with Crippen molar-refractivity contribution >= 4 is 6.09 Å². The summed E-state index contributed by atoms with van der Waals surface area (Å²) < 4.78 is 5.39. The molecule has 1 amide bonds. The summed E-state index contributed by atoms with van der Waals surface area (Å²) >= 11 is 0. The van der Waals surface area contributed by atoms with Crippen LogP contribution in [0.5, 0.6) is 0 Å². The third-order valence-corrected chi connectivity index (χ3v) is 3.99. The van der Waals surface area contributed by atoms with Crippen molar-refractivity contribution in [2.75, 3.05) is 0 Å². The Bertz CT molecular complexity index is 703. The maximum Gasteiger partial charge on any atom is 1.00 e. The first-order chi connectivity index (χ1) is 11.2. The number of carbonyl (C=O) groups excluding carboxylic acids is 1. The Morgan fingerprint density at radius 2 is 1.71 bits per heavy atom. The molecule has 0 aromatic heterocycles. The van der Waals surface area contributed by atoms with Crippen LogP contribution in [-0.2, 0) is 11.2 Å². The van der Waals surface area contributed by atoms with E-state index < -0.39 is 12.2 Å². The number of ether oxygens (including phenoxy) is 1. The first-order valence-corrected chi connectivity index (χ1v) is 7.62. The standard InChI is InChI=1S/C19H19NO3.Li/c1-14-18(16-10-6-3-7-11-16)23-19(22)20(14)17(21)13-12-15-8-4-2-5-9-15;/h2-11,13-14,18,21H,12H2,1H3;/q;+1/p-1/b17-13-;/t14-,18-;/m0./s1. The minimum Gasteiger partial charge on any atom is -0.860 e. The van der Waals surface area contributed by atoms with Crippen molar-refractivity contribution in [3.05, 3.63) is 83.7 Å². The molecule has 24 heavy (non-hydrogen) atoms. The second kappa shape index (κ2) is 8.10. The van der Waals surface area contributed by atoms with Crippen LogP contribution in [0.15, 0.2) is 72.6 Å². The molecule has 0 saturated carbocycles. The van der Waals surface area contributed by atoms with Gasteiger partial charge in [-0.2, -0.15) is 0 Å². The molecule has 4 nitrogen and oxygen atoms in total. The molecule has 1 heterocycles. The molecule has 0 aliphatic carbocycles. The number of allylic oxidation sites excluding steroid dienone is 1. The predicted molar refractivity (Wildman–Crippen MR) is 85.2 cm³/mol. The van der Waals surface area contributed by atoms with E-state index in [9.17, 15) is 9.90 Å². The molecule has 0 radical (unpaired) electrons. The molecule has 0 bridgehead atoms. The van der Waals surface area contributed by atoms with Crippen LogP contribution < -0.4 is 24.0 Å². The first-order valence-electron chi connectivity index (χ1n) is 7.62. The Labute approximate surface area is 153 Å². The summed E-state index contributed by atoms with van der Waals surface area (Å²) in [5, 5.41) is 12.4. The third-order valence-electron chi connectivity index (χ3n) is 3.99. The van der Waals surface area contributed by atoms with Gasteiger partial charge < -0.3 is 9.84 Å². The van der Waals surface area contributed by atoms with E-state index in [1.165, 1.54) is 11.0 Å². The SMILES string of the molecule is C[C@H]1[C@@H](c2ccccc2)OC(=O)N1/C([O-])=C/Cc1ccccc1.[Li+]. The monoisotopic (exact) mass is 315 g/mol. The predicted octanol–water partition coefficient (Wildman–Crippen LogP) is 0.0168. The fourth-order valence-corrected chi connectivity index (χ4v) is 2.76. The molecule has 1 fully saturated rings. The van der Waals surface area contributed by atoms with E-state index >= 15 is 0 Å². The van der Waals surface area contributed by atoms with Crippen molar-refractivity contribution in [1.82, 2.24) is 4.90 Å². The number of carbonyl (C=O) groups is 1. The van der Waals surface area contributed by atoms with Crippen molar-refractivity contribution in [1.29, 1.82) is 0 Å². The van der Waals surface area contributed by atoms with E-state index in [2.05, 4.69) is 0 Å². The molecular weight excluding hydrogens is 297 g/mol. The van der Waals surface area contributed by atoms with E-state index in [1.807, 2.05) is 67.6 Å². The van der Waals surface area contributed by atoms with Gasteiger partial charge >= 0.3 is 25.0 Å². The van der Waals surface area contributed by atoms with Gasteiger partial charge in [-0.3, -0.25) is 4.90 Å². The van der Waals surface area contributed by atoms with Gasteiger partial charge in [0.25, 0.3) is 0 Å². The van der Waals surface area contributed by atoms with Gasteiger partial charge in [0.15, 0.2) is 0 Å². The molecule has 2 aromatic carbocycles. The summed E-state index contributed by atoms with van der Waals surface area (Å²) in [5.74, 6) is -0.315. The van der Waals surface area contributed by atoms with Gasteiger partial charge in [0.05, 0.1) is 6.04 Å². The quantitative estimate of drug-likeness (QED) is 0.590. The fourth-order valence-electron chi connectivity index (χ4n) is 2.76. The molecule has 0 unspecified atom stereocenters. The van der Waals surface area contributed by atoms with Crippen LogP contribution in [-0.4, -0.2) is 17.0 Å². The molecule has 3 rings (SSSR count). The van der Waals surface area contributed by atoms with Crippen LogP contribution >= 0.6 is 0 Å². The summed E-state index contributed by atoms with van der Waals surface area (Å²) in [4.78, 5) is 13.3. The van der Waals surface area contributed by atoms with Crippen molar-refractivity contribution in [2.24, 2.45) is 0 Å². The Balaban J connectivity index is 0.00000208. The zero-order chi connectivity index (χ0) is 16.2. The smallest absolute Gasteiger partial charge is 0.860 e. The molecule has 0 spiro atoms. The topological polar surface area (TPSA) is 52.6 Å². The number of hydrogen-bond acceptors (Lipinski definition) is 3. The van der Waals surface area contributed by atoms with Crippen LogP contribution in [0.1, 0.15) is 24.2 Å². The van der Waals surface area contributed by atoms with Crippen molar-refractivity contribution < 1.29 is 33.5 Å². The number of hydrogen-bond donors (Lipinski definition) is 0. The summed E-state index contributed by atoms with van der Waals surface area (Å²) in [6.07, 6.45) is 1.02. The molecule has 1 saturated heterocycles. The Morgan fingerprint density at radius 3 is 2.33 bits per heavy atom. The number of cyclic esters (lactones) is 1. The number of rotatable bonds is 4. The summed E-state index contributed by atoms with van der Waals surface area (Å²) in [6, 6.07) is 18.8. The fraction of sp³-hybridized carbons (Fsp3) is 0.211. The molecule has 1 aliphatic heterocycles. The molecule has 0 N–H and O–H groups in total. The summed E-state index contributed by atoms with van der Waals surface area (Å²) in [5.41, 5.74) is 1.92. The zero-order valence-corrected chi connectivity index (χ0v) is 13.9. The normalized spacial score (nSPS) is 20.5. The van der Waals surface area contributed by atoms with Gasteiger partial charge in [0, 0.05) is 0 Å². The van der Waals surface area contributed by atoms with Gasteiger partial charge in [-0.1, -0.05) is 66.7 Å². The molecule has 1 aliphatic rings. The summed E-state index contributed by atoms with van der Waals surface area (Å²) in [7, 11) is 0. The maximum atomic E-state index is 12.4. The summed E-state index contributed by atoms with van der Waals surface area (Å²) in [6.45, 7) is 1.83. The van der Waals surface area contributed by atoms with Gasteiger partial charge in [-0.15, -0.1) is 0 Å². The van der Waals surface area contributed by atoms with Gasteiger partial charge in [0.2, 0.25) is 0 Å². The molecule has 5 heteroatoms. The van der Waals surface area contributed by atoms with E-state index in [-0.39, 0.29) is 30.8 Å². The first kappa shape index (κ1) is 18.2. The van der Waals surface area contributed by atoms with Crippen LogP contribution in [0.2, 0.25) is 0 Å². The largest absolute Gasteiger partial charge is 1.00 e. The molecule has 2 aromatic rings. The van der Waals surface area contributed by atoms with Crippen molar-refractivity contribution in [2.45, 2.75) is 25.5 Å². The van der Waals surface area contributed by atoms with E-state index in [0.29, 0.717) is 6.42 Å².